The molecular formula is C105H184N24O17. The quantitative estimate of drug-likeness (QED) is 0.0274. The van der Waals surface area contributed by atoms with E-state index in [4.69, 9.17) is 45.1 Å². The van der Waals surface area contributed by atoms with E-state index in [-0.39, 0.29) is 157 Å². The van der Waals surface area contributed by atoms with Gasteiger partial charge in [-0.3, -0.25) is 76.7 Å². The van der Waals surface area contributed by atoms with Crippen LogP contribution in [0.1, 0.15) is 297 Å². The first kappa shape index (κ1) is 129. The number of carboxylic acids is 1. The first-order valence-electron chi connectivity index (χ1n) is 53.4. The minimum atomic E-state index is -1.39. The highest BCUT2D eigenvalue weighted by atomic mass is 16.4. The molecular weight excluding hydrogens is 1870 g/mol. The van der Waals surface area contributed by atoms with Crippen LogP contribution in [0.15, 0.2) is 48.5 Å². The summed E-state index contributed by atoms with van der Waals surface area (Å²) < 4.78 is 0. The summed E-state index contributed by atoms with van der Waals surface area (Å²) in [4.78, 5) is 237. The van der Waals surface area contributed by atoms with Gasteiger partial charge in [0.15, 0.2) is 0 Å². The van der Waals surface area contributed by atoms with Gasteiger partial charge in [0.2, 0.25) is 88.6 Å². The summed E-state index contributed by atoms with van der Waals surface area (Å²) >= 11 is 0. The summed E-state index contributed by atoms with van der Waals surface area (Å²) in [5, 5.41) is 56.8. The number of fused-ring (bicyclic) bond motifs is 2. The number of nitrogens with one attached hydrogen (secondary N) is 16. The second-order valence-electron chi connectivity index (χ2n) is 42.3. The molecule has 3 aromatic rings. The summed E-state index contributed by atoms with van der Waals surface area (Å²) in [6, 6.07) is -3.43. The maximum Gasteiger partial charge on any atom is 0.322 e. The number of aliphatic carboxylic acids is 1. The number of carbonyl (C=O) groups is 16. The van der Waals surface area contributed by atoms with Gasteiger partial charge in [-0.15, -0.1) is 0 Å². The van der Waals surface area contributed by atoms with E-state index in [0.717, 1.165) is 27.5 Å². The van der Waals surface area contributed by atoms with Gasteiger partial charge in [0.1, 0.15) is 91.1 Å². The number of carboxylic acid groups (broad SMARTS) is 1. The zero-order valence-electron chi connectivity index (χ0n) is 90.0. The lowest BCUT2D eigenvalue weighted by atomic mass is 9.98. The molecule has 41 nitrogen and oxygen atoms in total. The van der Waals surface area contributed by atoms with Gasteiger partial charge in [0.25, 0.3) is 0 Å². The van der Waals surface area contributed by atoms with Crippen LogP contribution in [0.25, 0.3) is 21.8 Å². The first-order valence-corrected chi connectivity index (χ1v) is 53.4. The molecule has 0 aliphatic heterocycles. The maximum atomic E-state index is 15.5. The molecule has 0 unspecified atom stereocenters. The molecule has 0 bridgehead atoms. The van der Waals surface area contributed by atoms with Gasteiger partial charge in [-0.2, -0.15) is 0 Å². The molecule has 0 spiro atoms. The van der Waals surface area contributed by atoms with Gasteiger partial charge >= 0.3 is 5.97 Å². The van der Waals surface area contributed by atoms with E-state index < -0.39 is 192 Å². The maximum absolute atomic E-state index is 15.5. The number of nitrogens with two attached hydrogens (primary N) is 7. The molecule has 15 amide bonds. The Morgan fingerprint density at radius 1 is 0.247 bits per heavy atom. The number of hydrogen-bond donors (Lipinski definition) is 24. The molecule has 146 heavy (non-hydrogen) atoms. The van der Waals surface area contributed by atoms with Crippen molar-refractivity contribution in [2.75, 3.05) is 57.7 Å². The van der Waals surface area contributed by atoms with E-state index in [1.165, 1.54) is 0 Å². The van der Waals surface area contributed by atoms with Crippen LogP contribution in [0.3, 0.4) is 0 Å². The number of aromatic nitrogens is 1. The molecule has 3 rings (SSSR count). The minimum absolute atomic E-state index is 0.00526. The van der Waals surface area contributed by atoms with Crippen molar-refractivity contribution in [3.8, 4) is 0 Å². The normalized spacial score (nSPS) is 14.7. The van der Waals surface area contributed by atoms with Gasteiger partial charge < -0.3 is 130 Å². The summed E-state index contributed by atoms with van der Waals surface area (Å²) in [6.45, 7) is 30.8. The number of carbonyl (C=O) groups excluding carboxylic acids is 15. The van der Waals surface area contributed by atoms with Crippen LogP contribution in [0.5, 0.6) is 0 Å². The Bertz CT molecular complexity index is 4470. The molecule has 0 fully saturated rings. The Morgan fingerprint density at radius 3 is 0.637 bits per heavy atom. The smallest absolute Gasteiger partial charge is 0.322 e. The molecule has 2 aromatic carbocycles. The van der Waals surface area contributed by atoms with E-state index >= 15 is 28.8 Å². The van der Waals surface area contributed by atoms with Gasteiger partial charge in [0.05, 0.1) is 22.8 Å². The van der Waals surface area contributed by atoms with E-state index in [1.807, 2.05) is 159 Å². The lowest BCUT2D eigenvalue weighted by molar-refractivity contribution is -0.138. The van der Waals surface area contributed by atoms with Crippen molar-refractivity contribution in [2.24, 2.45) is 87.5 Å². The first-order chi connectivity index (χ1) is 69.2. The van der Waals surface area contributed by atoms with Crippen molar-refractivity contribution in [1.82, 2.24) is 84.7 Å². The predicted molar refractivity (Wildman–Crippen MR) is 570 cm³/mol. The van der Waals surface area contributed by atoms with Crippen LogP contribution in [-0.2, 0) is 76.7 Å². The van der Waals surface area contributed by atoms with E-state index in [9.17, 15) is 53.1 Å². The minimum Gasteiger partial charge on any atom is -0.480 e. The Labute approximate surface area is 865 Å². The number of rotatable bonds is 77. The fourth-order valence-electron chi connectivity index (χ4n) is 17.2. The second kappa shape index (κ2) is 70.9. The lowest BCUT2D eigenvalue weighted by Crippen LogP contribution is -2.61. The number of unbranched alkanes of at least 4 members (excludes halogenated alkanes) is 7. The zero-order chi connectivity index (χ0) is 109. The fourth-order valence-corrected chi connectivity index (χ4v) is 17.2. The Kier molecular flexibility index (Phi) is 62.8. The summed E-state index contributed by atoms with van der Waals surface area (Å²) in [5.41, 5.74) is 44.0. The van der Waals surface area contributed by atoms with E-state index in [1.54, 1.807) is 0 Å². The third kappa shape index (κ3) is 50.7. The Morgan fingerprint density at radius 2 is 0.432 bits per heavy atom. The van der Waals surface area contributed by atoms with Gasteiger partial charge in [-0.25, -0.2) is 4.98 Å². The molecule has 0 saturated heterocycles. The monoisotopic (exact) mass is 2050 g/mol. The summed E-state index contributed by atoms with van der Waals surface area (Å²) in [6.07, 6.45) is 7.04. The number of anilines is 1. The number of hydrogen-bond acceptors (Lipinski definition) is 25. The molecule has 0 saturated carbocycles. The molecule has 0 radical (unpaired) electrons. The van der Waals surface area contributed by atoms with Crippen LogP contribution in [0.4, 0.5) is 5.69 Å². The van der Waals surface area contributed by atoms with Gasteiger partial charge in [-0.05, 0) is 285 Å². The third-order valence-electron chi connectivity index (χ3n) is 24.8. The highest BCUT2D eigenvalue weighted by Gasteiger charge is 2.40. The van der Waals surface area contributed by atoms with Crippen LogP contribution < -0.4 is 125 Å². The summed E-state index contributed by atoms with van der Waals surface area (Å²) in [5.74, 6) is -13.9. The average Bonchev–Trinajstić information content (AvgIpc) is 0.773. The highest BCUT2D eigenvalue weighted by molar-refractivity contribution is 6.08. The largest absolute Gasteiger partial charge is 0.480 e. The predicted octanol–water partition coefficient (Wildman–Crippen LogP) is 4.43. The SMILES string of the molecule is CC(C)C[C@H](NC(=O)[C@H](CCCCN)NC(=O)[C@H](CC(C)C)NC(=O)[C@H](CC(C)C)NC(=O)[C@H](CCCCN)NC(=O)[C@H](CCCCNc1c2ccccc2nc2ccccc12)NC(=O)[C@H](CC(C)C)NC(=O)[C@H](CC(C)C)NC(=O)[C@H](CCCCN)NC(=O)[C@H](CC(C)C)NC(=O)[C@H](CC(C)C)NC(=O)[C@H](CCCCN)NC(=O)[C@H](CCCCN)NC(=O)[C@@H](N)CC(C)C)C(=O)N[C@@H](CCCCN)C(=O)NCC(=O)O. The summed E-state index contributed by atoms with van der Waals surface area (Å²) in [7, 11) is 0. The molecule has 0 aliphatic rings. The van der Waals surface area contributed by atoms with Gasteiger partial charge in [0, 0.05) is 17.3 Å². The molecule has 15 atom stereocenters. The molecule has 826 valence electrons. The topological polar surface area (TPSA) is 681 Å². The standard InChI is InChI=1S/C105H184N24O17/c1-62(2)53-72(112)91(132)116-76(40-22-29-47-107)93(134)118-77(41-23-30-48-108)95(136)124-86(58-67(11)12)103(144)128-84(56-65(7)8)101(142)121-80(44-26-33-51-111)98(139)126-88(60-69(15)16)105(146)129-85(57-66(9)10)102(143)122-81(45-27-34-52-113-90-70-35-17-19-37-73(70)115-74-38-20-18-36-71(74)90)94(135)119-78(42-24-31-49-109)96(137)125-87(59-68(13)14)104(145)127-83(55-64(5)6)100(141)120-79(43-25-32-50-110)97(138)123-82(54-63(3)4)99(140)117-75(39-21-28-46-106)92(133)114-61-89(130)131/h17-20,35-38,62-69,72,75-88H,21-34,39-61,106-112H2,1-16H3,(H,113,115)(H,114,133)(H,116,132)(H,117,140)(H,118,134)(H,119,135)(H,120,141)(H,121,142)(H,122,143)(H,123,138)(H,124,136)(H,125,137)(H,126,139)(H,127,145)(H,128,144)(H,129,146)(H,130,131)/t72-,75-,76-,77-,78-,79-,80-,81-,82-,83-,84-,85-,86-,87-,88-/m0/s1. The molecule has 31 N–H and O–H groups in total. The third-order valence-corrected chi connectivity index (χ3v) is 24.8. The number of benzene rings is 2. The van der Waals surface area contributed by atoms with Crippen molar-refractivity contribution < 1.29 is 81.8 Å². The van der Waals surface area contributed by atoms with Crippen molar-refractivity contribution in [3.05, 3.63) is 48.5 Å². The van der Waals surface area contributed by atoms with Crippen molar-refractivity contribution in [1.29, 1.82) is 0 Å². The second-order valence-corrected chi connectivity index (χ2v) is 42.3. The Hall–Kier alpha value is -10.8. The van der Waals surface area contributed by atoms with Crippen LogP contribution in [0.2, 0.25) is 0 Å². The van der Waals surface area contributed by atoms with Crippen LogP contribution in [-0.4, -0.2) is 248 Å². The zero-order valence-corrected chi connectivity index (χ0v) is 90.0. The fraction of sp³-hybridized carbons (Fsp3) is 0.724. The van der Waals surface area contributed by atoms with Crippen molar-refractivity contribution in [2.45, 2.75) is 388 Å². The number of amides is 15. The molecule has 0 aliphatic carbocycles. The lowest BCUT2D eigenvalue weighted by Gasteiger charge is -2.30. The van der Waals surface area contributed by atoms with Crippen LogP contribution >= 0.6 is 0 Å². The Balaban J connectivity index is 2.13. The van der Waals surface area contributed by atoms with Crippen LogP contribution in [0, 0.1) is 47.3 Å². The van der Waals surface area contributed by atoms with E-state index in [0.29, 0.717) is 122 Å². The molecule has 41 heteroatoms. The highest BCUT2D eigenvalue weighted by Crippen LogP contribution is 2.31. The van der Waals surface area contributed by atoms with E-state index in [2.05, 4.69) is 85.1 Å². The van der Waals surface area contributed by atoms with Crippen molar-refractivity contribution in [3.63, 3.8) is 0 Å². The number of nitrogens with zero attached hydrogens (tertiary/aromatic N) is 1. The number of para-hydroxylation sites is 2. The van der Waals surface area contributed by atoms with Crippen molar-refractivity contribution >= 4 is 122 Å². The number of pyridine rings is 1. The molecule has 1 aromatic heterocycles. The van der Waals surface area contributed by atoms with Gasteiger partial charge in [-0.1, -0.05) is 147 Å². The molecule has 1 heterocycles. The average molecular weight is 2050 g/mol.